The number of amides is 1. The van der Waals surface area contributed by atoms with Crippen molar-refractivity contribution in [3.63, 3.8) is 0 Å². The molecular weight excluding hydrogens is 301 g/mol. The predicted molar refractivity (Wildman–Crippen MR) is 78.5 cm³/mol. The number of aromatic nitrogens is 4. The van der Waals surface area contributed by atoms with Gasteiger partial charge in [0.1, 0.15) is 18.1 Å². The molecule has 0 spiro atoms. The number of nitrogens with one attached hydrogen (secondary N) is 1. The number of hydrogen-bond donors (Lipinski definition) is 1. The van der Waals surface area contributed by atoms with E-state index in [-0.39, 0.29) is 30.1 Å². The molecule has 0 radical (unpaired) electrons. The third-order valence-electron chi connectivity index (χ3n) is 3.17. The molecule has 118 valence electrons. The van der Waals surface area contributed by atoms with Gasteiger partial charge in [0.2, 0.25) is 11.7 Å². The SMILES string of the molecule is C[C@H](NC(=O)Cn1nnc(-c2cccc(F)c2)n1)c1ccco1. The zero-order valence-electron chi connectivity index (χ0n) is 12.3. The number of tetrazole rings is 1. The van der Waals surface area contributed by atoms with Gasteiger partial charge in [0, 0.05) is 5.56 Å². The molecule has 0 aliphatic carbocycles. The van der Waals surface area contributed by atoms with E-state index >= 15 is 0 Å². The quantitative estimate of drug-likeness (QED) is 0.777. The van der Waals surface area contributed by atoms with Gasteiger partial charge in [-0.2, -0.15) is 4.80 Å². The fourth-order valence-electron chi connectivity index (χ4n) is 2.08. The molecule has 3 aromatic rings. The van der Waals surface area contributed by atoms with E-state index in [4.69, 9.17) is 4.42 Å². The van der Waals surface area contributed by atoms with Crippen molar-refractivity contribution in [3.05, 3.63) is 54.2 Å². The summed E-state index contributed by atoms with van der Waals surface area (Å²) in [5.74, 6) is 0.252. The lowest BCUT2D eigenvalue weighted by Crippen LogP contribution is -2.30. The van der Waals surface area contributed by atoms with Crippen LogP contribution in [0.2, 0.25) is 0 Å². The van der Waals surface area contributed by atoms with Crippen molar-refractivity contribution in [2.45, 2.75) is 19.5 Å². The highest BCUT2D eigenvalue weighted by Gasteiger charge is 2.14. The van der Waals surface area contributed by atoms with Crippen molar-refractivity contribution < 1.29 is 13.6 Å². The van der Waals surface area contributed by atoms with Gasteiger partial charge in [-0.1, -0.05) is 12.1 Å². The Labute approximate surface area is 131 Å². The Morgan fingerprint density at radius 1 is 1.39 bits per heavy atom. The van der Waals surface area contributed by atoms with Crippen molar-refractivity contribution in [2.24, 2.45) is 0 Å². The van der Waals surface area contributed by atoms with E-state index in [1.165, 1.54) is 12.1 Å². The molecule has 8 heteroatoms. The third kappa shape index (κ3) is 3.60. The van der Waals surface area contributed by atoms with Crippen molar-refractivity contribution >= 4 is 5.91 Å². The molecule has 3 rings (SSSR count). The van der Waals surface area contributed by atoms with Crippen molar-refractivity contribution in [2.75, 3.05) is 0 Å². The number of furan rings is 1. The van der Waals surface area contributed by atoms with Gasteiger partial charge in [0.15, 0.2) is 0 Å². The second-order valence-corrected chi connectivity index (χ2v) is 4.96. The van der Waals surface area contributed by atoms with E-state index in [9.17, 15) is 9.18 Å². The smallest absolute Gasteiger partial charge is 0.244 e. The van der Waals surface area contributed by atoms with Crippen LogP contribution in [0.3, 0.4) is 0 Å². The normalized spacial score (nSPS) is 12.1. The molecule has 1 amide bonds. The second-order valence-electron chi connectivity index (χ2n) is 4.96. The summed E-state index contributed by atoms with van der Waals surface area (Å²) in [6, 6.07) is 9.14. The number of carbonyl (C=O) groups excluding carboxylic acids is 1. The highest BCUT2D eigenvalue weighted by molar-refractivity contribution is 5.75. The summed E-state index contributed by atoms with van der Waals surface area (Å²) in [5, 5.41) is 14.5. The van der Waals surface area contributed by atoms with Gasteiger partial charge in [0.25, 0.3) is 0 Å². The molecule has 23 heavy (non-hydrogen) atoms. The lowest BCUT2D eigenvalue weighted by atomic mass is 10.2. The van der Waals surface area contributed by atoms with Crippen LogP contribution in [-0.4, -0.2) is 26.1 Å². The topological polar surface area (TPSA) is 85.8 Å². The number of halogens is 1. The van der Waals surface area contributed by atoms with Crippen molar-refractivity contribution in [1.29, 1.82) is 0 Å². The summed E-state index contributed by atoms with van der Waals surface area (Å²) in [5.41, 5.74) is 0.501. The molecule has 0 aliphatic rings. The summed E-state index contributed by atoms with van der Waals surface area (Å²) in [7, 11) is 0. The molecule has 2 heterocycles. The lowest BCUT2D eigenvalue weighted by Gasteiger charge is -2.10. The van der Waals surface area contributed by atoms with Crippen LogP contribution in [0.4, 0.5) is 4.39 Å². The maximum absolute atomic E-state index is 13.2. The number of benzene rings is 1. The van der Waals surface area contributed by atoms with Gasteiger partial charge in [-0.3, -0.25) is 4.79 Å². The maximum atomic E-state index is 13.2. The van der Waals surface area contributed by atoms with Crippen LogP contribution < -0.4 is 5.32 Å². The predicted octanol–water partition coefficient (Wildman–Crippen LogP) is 1.95. The Bertz CT molecular complexity index is 800. The summed E-state index contributed by atoms with van der Waals surface area (Å²) in [4.78, 5) is 13.1. The van der Waals surface area contributed by atoms with E-state index in [2.05, 4.69) is 20.7 Å². The first kappa shape index (κ1) is 14.9. The summed E-state index contributed by atoms with van der Waals surface area (Å²) in [6.07, 6.45) is 1.54. The minimum absolute atomic E-state index is 0.0899. The molecular formula is C15H14FN5O2. The molecule has 0 aliphatic heterocycles. The number of nitrogens with zero attached hydrogens (tertiary/aromatic N) is 4. The van der Waals surface area contributed by atoms with E-state index in [1.54, 1.807) is 30.5 Å². The minimum atomic E-state index is -0.385. The lowest BCUT2D eigenvalue weighted by molar-refractivity contribution is -0.122. The Morgan fingerprint density at radius 2 is 2.26 bits per heavy atom. The Kier molecular flexibility index (Phi) is 4.13. The summed E-state index contributed by atoms with van der Waals surface area (Å²) >= 11 is 0. The molecule has 7 nitrogen and oxygen atoms in total. The Balaban J connectivity index is 1.63. The van der Waals surface area contributed by atoms with Gasteiger partial charge in [-0.05, 0) is 36.4 Å². The molecule has 0 unspecified atom stereocenters. The average Bonchev–Trinajstić information content (AvgIpc) is 3.18. The van der Waals surface area contributed by atoms with Crippen LogP contribution in [0.15, 0.2) is 47.1 Å². The van der Waals surface area contributed by atoms with E-state index in [0.29, 0.717) is 11.3 Å². The minimum Gasteiger partial charge on any atom is -0.467 e. The third-order valence-corrected chi connectivity index (χ3v) is 3.17. The van der Waals surface area contributed by atoms with Gasteiger partial charge in [-0.15, -0.1) is 10.2 Å². The Hall–Kier alpha value is -3.03. The van der Waals surface area contributed by atoms with Crippen LogP contribution >= 0.6 is 0 Å². The molecule has 1 atom stereocenters. The summed E-state index contributed by atoms with van der Waals surface area (Å²) in [6.45, 7) is 1.72. The van der Waals surface area contributed by atoms with Crippen LogP contribution in [0.25, 0.3) is 11.4 Å². The van der Waals surface area contributed by atoms with Gasteiger partial charge in [0.05, 0.1) is 12.3 Å². The zero-order valence-corrected chi connectivity index (χ0v) is 12.3. The highest BCUT2D eigenvalue weighted by atomic mass is 19.1. The Morgan fingerprint density at radius 3 is 3.00 bits per heavy atom. The van der Waals surface area contributed by atoms with E-state index < -0.39 is 0 Å². The number of rotatable bonds is 5. The number of carbonyl (C=O) groups is 1. The van der Waals surface area contributed by atoms with Crippen molar-refractivity contribution in [3.8, 4) is 11.4 Å². The highest BCUT2D eigenvalue weighted by Crippen LogP contribution is 2.14. The maximum Gasteiger partial charge on any atom is 0.244 e. The van der Waals surface area contributed by atoms with E-state index in [0.717, 1.165) is 4.80 Å². The van der Waals surface area contributed by atoms with Crippen LogP contribution in [0, 0.1) is 5.82 Å². The van der Waals surface area contributed by atoms with Gasteiger partial charge >= 0.3 is 0 Å². The summed E-state index contributed by atoms with van der Waals surface area (Å²) < 4.78 is 18.4. The van der Waals surface area contributed by atoms with E-state index in [1.807, 2.05) is 6.92 Å². The van der Waals surface area contributed by atoms with Crippen molar-refractivity contribution in [1.82, 2.24) is 25.5 Å². The monoisotopic (exact) mass is 315 g/mol. The first-order valence-electron chi connectivity index (χ1n) is 6.98. The molecule has 0 saturated heterocycles. The molecule has 0 fully saturated rings. The molecule has 0 bridgehead atoms. The molecule has 1 N–H and O–H groups in total. The van der Waals surface area contributed by atoms with Gasteiger partial charge in [-0.25, -0.2) is 4.39 Å². The van der Waals surface area contributed by atoms with Crippen LogP contribution in [0.1, 0.15) is 18.7 Å². The molecule has 0 saturated carbocycles. The molecule has 2 aromatic heterocycles. The second kappa shape index (κ2) is 6.39. The average molecular weight is 315 g/mol. The first-order valence-corrected chi connectivity index (χ1v) is 6.98. The van der Waals surface area contributed by atoms with Gasteiger partial charge < -0.3 is 9.73 Å². The van der Waals surface area contributed by atoms with Crippen LogP contribution in [0.5, 0.6) is 0 Å². The fraction of sp³-hybridized carbons (Fsp3) is 0.200. The van der Waals surface area contributed by atoms with Crippen LogP contribution in [-0.2, 0) is 11.3 Å². The number of hydrogen-bond acceptors (Lipinski definition) is 5. The fourth-order valence-corrected chi connectivity index (χ4v) is 2.08. The standard InChI is InChI=1S/C15H14FN5O2/c1-10(13-6-3-7-23-13)17-14(22)9-21-19-15(18-20-21)11-4-2-5-12(16)8-11/h2-8,10H,9H2,1H3,(H,17,22)/t10-/m0/s1. The largest absolute Gasteiger partial charge is 0.467 e. The zero-order chi connectivity index (χ0) is 16.2. The first-order chi connectivity index (χ1) is 11.1. The molecule has 1 aromatic carbocycles.